The molecule has 0 fully saturated rings. The van der Waals surface area contributed by atoms with Gasteiger partial charge in [-0.2, -0.15) is 0 Å². The van der Waals surface area contributed by atoms with E-state index in [-0.39, 0.29) is 10.8 Å². The second-order valence-electron chi connectivity index (χ2n) is 6.95. The fourth-order valence-corrected chi connectivity index (χ4v) is 1.64. The van der Waals surface area contributed by atoms with Crippen LogP contribution in [0.15, 0.2) is 6.07 Å². The van der Waals surface area contributed by atoms with E-state index in [0.717, 1.165) is 30.1 Å². The smallest absolute Gasteiger partial charge is 0.128 e. The van der Waals surface area contributed by atoms with Gasteiger partial charge in [0.25, 0.3) is 0 Å². The zero-order valence-electron chi connectivity index (χ0n) is 12.7. The molecule has 3 heteroatoms. The van der Waals surface area contributed by atoms with Crippen molar-refractivity contribution >= 4 is 0 Å². The van der Waals surface area contributed by atoms with Gasteiger partial charge in [-0.15, -0.1) is 0 Å². The highest BCUT2D eigenvalue weighted by Crippen LogP contribution is 2.26. The van der Waals surface area contributed by atoms with Crippen molar-refractivity contribution in [3.05, 3.63) is 23.3 Å². The lowest BCUT2D eigenvalue weighted by Crippen LogP contribution is -2.21. The van der Waals surface area contributed by atoms with E-state index < -0.39 is 0 Å². The molecule has 102 valence electrons. The number of nitrogens with zero attached hydrogens (tertiary/aromatic N) is 2. The Balaban J connectivity index is 3.21. The van der Waals surface area contributed by atoms with Crippen molar-refractivity contribution in [2.24, 2.45) is 5.73 Å². The van der Waals surface area contributed by atoms with E-state index in [0.29, 0.717) is 6.54 Å². The van der Waals surface area contributed by atoms with Gasteiger partial charge < -0.3 is 5.73 Å². The Labute approximate surface area is 111 Å². The summed E-state index contributed by atoms with van der Waals surface area (Å²) in [5, 5.41) is 0. The van der Waals surface area contributed by atoms with Crippen LogP contribution in [0.5, 0.6) is 0 Å². The Hall–Kier alpha value is -0.960. The molecule has 0 aliphatic heterocycles. The number of hydrogen-bond donors (Lipinski definition) is 1. The molecule has 0 saturated heterocycles. The van der Waals surface area contributed by atoms with Crippen LogP contribution >= 0.6 is 0 Å². The van der Waals surface area contributed by atoms with Crippen LogP contribution in [-0.2, 0) is 17.3 Å². The van der Waals surface area contributed by atoms with Crippen LogP contribution in [-0.4, -0.2) is 16.5 Å². The quantitative estimate of drug-likeness (QED) is 0.896. The van der Waals surface area contributed by atoms with Crippen LogP contribution < -0.4 is 5.73 Å². The molecule has 0 aliphatic rings. The van der Waals surface area contributed by atoms with E-state index in [4.69, 9.17) is 5.73 Å². The summed E-state index contributed by atoms with van der Waals surface area (Å²) < 4.78 is 0. The molecule has 3 nitrogen and oxygen atoms in total. The Morgan fingerprint density at radius 3 is 1.72 bits per heavy atom. The summed E-state index contributed by atoms with van der Waals surface area (Å²) in [6.07, 6.45) is 1.81. The summed E-state index contributed by atoms with van der Waals surface area (Å²) in [6, 6.07) is 2.14. The molecular weight excluding hydrogens is 222 g/mol. The molecule has 0 bridgehead atoms. The van der Waals surface area contributed by atoms with Crippen molar-refractivity contribution in [3.8, 4) is 0 Å². The Kier molecular flexibility index (Phi) is 4.49. The molecule has 0 unspecified atom stereocenters. The van der Waals surface area contributed by atoms with Crippen molar-refractivity contribution in [2.75, 3.05) is 6.54 Å². The molecule has 2 N–H and O–H groups in total. The summed E-state index contributed by atoms with van der Waals surface area (Å²) in [4.78, 5) is 9.38. The van der Waals surface area contributed by atoms with Crippen LogP contribution in [0.4, 0.5) is 0 Å². The second-order valence-corrected chi connectivity index (χ2v) is 6.95. The Bertz CT molecular complexity index is 365. The van der Waals surface area contributed by atoms with Crippen molar-refractivity contribution in [2.45, 2.75) is 65.2 Å². The zero-order valence-corrected chi connectivity index (χ0v) is 12.7. The summed E-state index contributed by atoms with van der Waals surface area (Å²) in [5.74, 6) is 0.929. The number of aromatic nitrogens is 2. The van der Waals surface area contributed by atoms with Crippen molar-refractivity contribution in [3.63, 3.8) is 0 Å². The van der Waals surface area contributed by atoms with Crippen LogP contribution in [0.3, 0.4) is 0 Å². The minimum atomic E-state index is 0.0560. The van der Waals surface area contributed by atoms with Gasteiger partial charge in [-0.25, -0.2) is 9.97 Å². The van der Waals surface area contributed by atoms with Crippen LogP contribution in [0, 0.1) is 0 Å². The summed E-state index contributed by atoms with van der Waals surface area (Å²) in [6.45, 7) is 13.8. The van der Waals surface area contributed by atoms with E-state index >= 15 is 0 Å². The molecule has 0 radical (unpaired) electrons. The average Bonchev–Trinajstić information content (AvgIpc) is 2.23. The van der Waals surface area contributed by atoms with E-state index in [9.17, 15) is 0 Å². The standard InChI is InChI=1S/C15H27N3/c1-14(2,3)11-10-12(15(4,5)6)18-13(17-11)8-7-9-16/h10H,7-9,16H2,1-6H3. The molecule has 0 saturated carbocycles. The Morgan fingerprint density at radius 1 is 0.944 bits per heavy atom. The minimum absolute atomic E-state index is 0.0560. The number of nitrogens with two attached hydrogens (primary N) is 1. The number of hydrogen-bond acceptors (Lipinski definition) is 3. The fraction of sp³-hybridized carbons (Fsp3) is 0.733. The highest BCUT2D eigenvalue weighted by molar-refractivity contribution is 5.22. The molecule has 0 amide bonds. The molecule has 0 aromatic carbocycles. The number of aryl methyl sites for hydroxylation is 1. The highest BCUT2D eigenvalue weighted by atomic mass is 14.9. The first-order chi connectivity index (χ1) is 8.14. The van der Waals surface area contributed by atoms with Gasteiger partial charge in [-0.1, -0.05) is 41.5 Å². The first-order valence-electron chi connectivity index (χ1n) is 6.73. The maximum absolute atomic E-state index is 5.57. The van der Waals surface area contributed by atoms with Gasteiger partial charge in [0.15, 0.2) is 0 Å². The van der Waals surface area contributed by atoms with Crippen LogP contribution in [0.25, 0.3) is 0 Å². The molecule has 1 heterocycles. The molecule has 1 rings (SSSR count). The van der Waals surface area contributed by atoms with E-state index in [1.54, 1.807) is 0 Å². The third-order valence-electron chi connectivity index (χ3n) is 2.91. The lowest BCUT2D eigenvalue weighted by atomic mass is 9.86. The zero-order chi connectivity index (χ0) is 14.0. The van der Waals surface area contributed by atoms with E-state index in [2.05, 4.69) is 57.6 Å². The molecule has 0 aliphatic carbocycles. The predicted octanol–water partition coefficient (Wildman–Crippen LogP) is 2.96. The molecular formula is C15H27N3. The van der Waals surface area contributed by atoms with E-state index in [1.807, 2.05) is 0 Å². The lowest BCUT2D eigenvalue weighted by molar-refractivity contribution is 0.528. The van der Waals surface area contributed by atoms with Crippen LogP contribution in [0.1, 0.15) is 65.2 Å². The molecule has 1 aromatic rings. The van der Waals surface area contributed by atoms with Gasteiger partial charge in [0.05, 0.1) is 0 Å². The van der Waals surface area contributed by atoms with Gasteiger partial charge in [-0.3, -0.25) is 0 Å². The highest BCUT2D eigenvalue weighted by Gasteiger charge is 2.22. The maximum atomic E-state index is 5.57. The summed E-state index contributed by atoms with van der Waals surface area (Å²) >= 11 is 0. The van der Waals surface area contributed by atoms with Crippen molar-refractivity contribution in [1.82, 2.24) is 9.97 Å². The average molecular weight is 249 g/mol. The van der Waals surface area contributed by atoms with Crippen molar-refractivity contribution < 1.29 is 0 Å². The third kappa shape index (κ3) is 4.05. The van der Waals surface area contributed by atoms with Gasteiger partial charge in [0.1, 0.15) is 5.82 Å². The van der Waals surface area contributed by atoms with Gasteiger partial charge in [0, 0.05) is 28.6 Å². The third-order valence-corrected chi connectivity index (χ3v) is 2.91. The molecule has 18 heavy (non-hydrogen) atoms. The summed E-state index contributed by atoms with van der Waals surface area (Å²) in [7, 11) is 0. The maximum Gasteiger partial charge on any atom is 0.128 e. The van der Waals surface area contributed by atoms with Gasteiger partial charge in [-0.05, 0) is 19.0 Å². The molecule has 1 aromatic heterocycles. The lowest BCUT2D eigenvalue weighted by Gasteiger charge is -2.24. The monoisotopic (exact) mass is 249 g/mol. The Morgan fingerprint density at radius 2 is 1.39 bits per heavy atom. The largest absolute Gasteiger partial charge is 0.330 e. The van der Waals surface area contributed by atoms with Crippen molar-refractivity contribution in [1.29, 1.82) is 0 Å². The van der Waals surface area contributed by atoms with Gasteiger partial charge in [0.2, 0.25) is 0 Å². The fourth-order valence-electron chi connectivity index (χ4n) is 1.64. The first kappa shape index (κ1) is 15.1. The predicted molar refractivity (Wildman–Crippen MR) is 76.8 cm³/mol. The SMILES string of the molecule is CC(C)(C)c1cc(C(C)(C)C)nc(CCCN)n1. The second kappa shape index (κ2) is 5.35. The normalized spacial score (nSPS) is 12.8. The van der Waals surface area contributed by atoms with E-state index in [1.165, 1.54) is 0 Å². The molecule has 0 spiro atoms. The van der Waals surface area contributed by atoms with Gasteiger partial charge >= 0.3 is 0 Å². The summed E-state index contributed by atoms with van der Waals surface area (Å²) in [5.41, 5.74) is 7.92. The molecule has 0 atom stereocenters. The number of rotatable bonds is 3. The topological polar surface area (TPSA) is 51.8 Å². The first-order valence-corrected chi connectivity index (χ1v) is 6.73. The van der Waals surface area contributed by atoms with Crippen LogP contribution in [0.2, 0.25) is 0 Å². The minimum Gasteiger partial charge on any atom is -0.330 e.